The van der Waals surface area contributed by atoms with Crippen LogP contribution < -0.4 is 5.32 Å². The van der Waals surface area contributed by atoms with Gasteiger partial charge in [-0.25, -0.2) is 4.39 Å². The zero-order valence-corrected chi connectivity index (χ0v) is 10.3. The average molecular weight is 251 g/mol. The van der Waals surface area contributed by atoms with Crippen molar-refractivity contribution >= 4 is 0 Å². The van der Waals surface area contributed by atoms with E-state index in [1.165, 1.54) is 12.1 Å². The van der Waals surface area contributed by atoms with Gasteiger partial charge in [0, 0.05) is 25.4 Å². The van der Waals surface area contributed by atoms with Crippen molar-refractivity contribution in [3.63, 3.8) is 0 Å². The van der Waals surface area contributed by atoms with E-state index < -0.39 is 0 Å². The second-order valence-corrected chi connectivity index (χ2v) is 5.04. The van der Waals surface area contributed by atoms with E-state index >= 15 is 0 Å². The van der Waals surface area contributed by atoms with Gasteiger partial charge >= 0.3 is 0 Å². The molecule has 0 radical (unpaired) electrons. The second kappa shape index (κ2) is 4.96. The SMILES string of the molecule is Fc1ccc(CC2CC3(CCN2)OCCO3)cc1. The second-order valence-electron chi connectivity index (χ2n) is 5.04. The lowest BCUT2D eigenvalue weighted by atomic mass is 9.93. The molecular weight excluding hydrogens is 233 g/mol. The Labute approximate surface area is 106 Å². The Balaban J connectivity index is 1.64. The Bertz CT molecular complexity index is 401. The topological polar surface area (TPSA) is 30.5 Å². The molecule has 0 saturated carbocycles. The minimum atomic E-state index is -0.365. The molecule has 1 aromatic rings. The van der Waals surface area contributed by atoms with Gasteiger partial charge in [-0.15, -0.1) is 0 Å². The molecular formula is C14H18FNO2. The zero-order chi connectivity index (χ0) is 12.4. The van der Waals surface area contributed by atoms with E-state index in [-0.39, 0.29) is 11.6 Å². The van der Waals surface area contributed by atoms with Gasteiger partial charge in [-0.2, -0.15) is 0 Å². The van der Waals surface area contributed by atoms with Gasteiger partial charge in [0.15, 0.2) is 5.79 Å². The Morgan fingerprint density at radius 3 is 2.67 bits per heavy atom. The Kier molecular flexibility index (Phi) is 3.33. The fraction of sp³-hybridized carbons (Fsp3) is 0.571. The summed E-state index contributed by atoms with van der Waals surface area (Å²) in [5.74, 6) is -0.551. The maximum absolute atomic E-state index is 12.9. The molecule has 0 bridgehead atoms. The van der Waals surface area contributed by atoms with Gasteiger partial charge in [0.1, 0.15) is 5.82 Å². The lowest BCUT2D eigenvalue weighted by Crippen LogP contribution is -2.49. The highest BCUT2D eigenvalue weighted by molar-refractivity contribution is 5.17. The molecule has 1 aromatic carbocycles. The first kappa shape index (κ1) is 12.1. The van der Waals surface area contributed by atoms with Gasteiger partial charge in [-0.05, 0) is 24.1 Å². The first-order chi connectivity index (χ1) is 8.76. The summed E-state index contributed by atoms with van der Waals surface area (Å²) in [6.45, 7) is 2.30. The molecule has 4 heteroatoms. The molecule has 0 aromatic heterocycles. The molecule has 1 atom stereocenters. The quantitative estimate of drug-likeness (QED) is 0.870. The van der Waals surface area contributed by atoms with Crippen LogP contribution in [0.5, 0.6) is 0 Å². The Hall–Kier alpha value is -0.970. The summed E-state index contributed by atoms with van der Waals surface area (Å²) in [5.41, 5.74) is 1.14. The number of hydrogen-bond acceptors (Lipinski definition) is 3. The van der Waals surface area contributed by atoms with Gasteiger partial charge in [-0.3, -0.25) is 0 Å². The number of benzene rings is 1. The highest BCUT2D eigenvalue weighted by atomic mass is 19.1. The number of piperidine rings is 1. The predicted octanol–water partition coefficient (Wildman–Crippen LogP) is 1.86. The summed E-state index contributed by atoms with van der Waals surface area (Å²) in [6.07, 6.45) is 2.66. The van der Waals surface area contributed by atoms with Gasteiger partial charge in [0.05, 0.1) is 13.2 Å². The third-order valence-electron chi connectivity index (χ3n) is 3.71. The van der Waals surface area contributed by atoms with Crippen LogP contribution in [0.1, 0.15) is 18.4 Å². The fourth-order valence-electron chi connectivity index (χ4n) is 2.82. The third kappa shape index (κ3) is 2.55. The van der Waals surface area contributed by atoms with E-state index in [4.69, 9.17) is 9.47 Å². The summed E-state index contributed by atoms with van der Waals surface area (Å²) < 4.78 is 24.3. The minimum absolute atomic E-state index is 0.186. The molecule has 2 aliphatic rings. The van der Waals surface area contributed by atoms with Crippen LogP contribution in [-0.4, -0.2) is 31.6 Å². The van der Waals surface area contributed by atoms with Crippen molar-refractivity contribution in [2.75, 3.05) is 19.8 Å². The molecule has 18 heavy (non-hydrogen) atoms. The Morgan fingerprint density at radius 2 is 1.94 bits per heavy atom. The monoisotopic (exact) mass is 251 g/mol. The third-order valence-corrected chi connectivity index (χ3v) is 3.71. The van der Waals surface area contributed by atoms with E-state index in [1.54, 1.807) is 0 Å². The molecule has 2 aliphatic heterocycles. The Morgan fingerprint density at radius 1 is 1.22 bits per heavy atom. The molecule has 1 unspecified atom stereocenters. The first-order valence-electron chi connectivity index (χ1n) is 6.52. The number of halogens is 1. The molecule has 1 spiro atoms. The molecule has 0 aliphatic carbocycles. The molecule has 2 fully saturated rings. The molecule has 3 rings (SSSR count). The lowest BCUT2D eigenvalue weighted by molar-refractivity contribution is -0.179. The van der Waals surface area contributed by atoms with Crippen molar-refractivity contribution < 1.29 is 13.9 Å². The summed E-state index contributed by atoms with van der Waals surface area (Å²) in [4.78, 5) is 0. The lowest BCUT2D eigenvalue weighted by Gasteiger charge is -2.37. The van der Waals surface area contributed by atoms with Crippen LogP contribution in [0.4, 0.5) is 4.39 Å². The summed E-state index contributed by atoms with van der Waals surface area (Å²) >= 11 is 0. The minimum Gasteiger partial charge on any atom is -0.347 e. The van der Waals surface area contributed by atoms with Gasteiger partial charge in [0.25, 0.3) is 0 Å². The van der Waals surface area contributed by atoms with Crippen molar-refractivity contribution in [1.29, 1.82) is 0 Å². The number of ether oxygens (including phenoxy) is 2. The smallest absolute Gasteiger partial charge is 0.171 e. The van der Waals surface area contributed by atoms with Crippen LogP contribution in [0, 0.1) is 5.82 Å². The van der Waals surface area contributed by atoms with E-state index in [0.717, 1.165) is 31.4 Å². The fourth-order valence-corrected chi connectivity index (χ4v) is 2.82. The number of rotatable bonds is 2. The summed E-state index contributed by atoms with van der Waals surface area (Å²) in [7, 11) is 0. The van der Waals surface area contributed by atoms with Gasteiger partial charge in [-0.1, -0.05) is 12.1 Å². The summed E-state index contributed by atoms with van der Waals surface area (Å²) in [5, 5.41) is 3.48. The van der Waals surface area contributed by atoms with Crippen LogP contribution >= 0.6 is 0 Å². The largest absolute Gasteiger partial charge is 0.347 e. The molecule has 0 amide bonds. The van der Waals surface area contributed by atoms with Crippen molar-refractivity contribution in [3.05, 3.63) is 35.6 Å². The number of nitrogens with one attached hydrogen (secondary N) is 1. The van der Waals surface area contributed by atoms with E-state index in [1.807, 2.05) is 12.1 Å². The zero-order valence-electron chi connectivity index (χ0n) is 10.3. The van der Waals surface area contributed by atoms with Crippen LogP contribution in [0.3, 0.4) is 0 Å². The highest BCUT2D eigenvalue weighted by Crippen LogP contribution is 2.31. The van der Waals surface area contributed by atoms with E-state index in [2.05, 4.69) is 5.32 Å². The van der Waals surface area contributed by atoms with Crippen molar-refractivity contribution in [2.24, 2.45) is 0 Å². The maximum atomic E-state index is 12.9. The highest BCUT2D eigenvalue weighted by Gasteiger charge is 2.41. The van der Waals surface area contributed by atoms with E-state index in [0.29, 0.717) is 19.3 Å². The normalized spacial score (nSPS) is 26.6. The van der Waals surface area contributed by atoms with Crippen molar-refractivity contribution in [1.82, 2.24) is 5.32 Å². The molecule has 98 valence electrons. The molecule has 2 heterocycles. The predicted molar refractivity (Wildman–Crippen MR) is 65.8 cm³/mol. The molecule has 1 N–H and O–H groups in total. The van der Waals surface area contributed by atoms with Crippen molar-refractivity contribution in [3.8, 4) is 0 Å². The van der Waals surface area contributed by atoms with Gasteiger partial charge < -0.3 is 14.8 Å². The van der Waals surface area contributed by atoms with Crippen LogP contribution in [0.2, 0.25) is 0 Å². The van der Waals surface area contributed by atoms with Crippen LogP contribution in [0.25, 0.3) is 0 Å². The molecule has 3 nitrogen and oxygen atoms in total. The van der Waals surface area contributed by atoms with Crippen LogP contribution in [-0.2, 0) is 15.9 Å². The van der Waals surface area contributed by atoms with E-state index in [9.17, 15) is 4.39 Å². The first-order valence-corrected chi connectivity index (χ1v) is 6.52. The molecule has 2 saturated heterocycles. The standard InChI is InChI=1S/C14H18FNO2/c15-12-3-1-11(2-4-12)9-13-10-14(5-6-16-13)17-7-8-18-14/h1-4,13,16H,5-10H2. The average Bonchev–Trinajstić information content (AvgIpc) is 2.80. The van der Waals surface area contributed by atoms with Crippen molar-refractivity contribution in [2.45, 2.75) is 31.1 Å². The van der Waals surface area contributed by atoms with Crippen LogP contribution in [0.15, 0.2) is 24.3 Å². The van der Waals surface area contributed by atoms with Gasteiger partial charge in [0.2, 0.25) is 0 Å². The number of hydrogen-bond donors (Lipinski definition) is 1. The summed E-state index contributed by atoms with van der Waals surface area (Å²) in [6, 6.07) is 7.04. The maximum Gasteiger partial charge on any atom is 0.171 e.